The topological polar surface area (TPSA) is 46.3 Å². The predicted octanol–water partition coefficient (Wildman–Crippen LogP) is 2.93. The summed E-state index contributed by atoms with van der Waals surface area (Å²) in [5, 5.41) is 0. The third kappa shape index (κ3) is 4.27. The largest absolute Gasteiger partial charge is 0.340 e. The molecule has 1 rings (SSSR count). The van der Waals surface area contributed by atoms with Gasteiger partial charge in [0.05, 0.1) is 5.92 Å². The maximum Gasteiger partial charge on any atom is 0.227 e. The Morgan fingerprint density at radius 2 is 1.94 bits per heavy atom. The molecular weight excluding hydrogens is 224 g/mol. The van der Waals surface area contributed by atoms with Crippen molar-refractivity contribution in [3.63, 3.8) is 0 Å². The third-order valence-corrected chi connectivity index (χ3v) is 4.05. The van der Waals surface area contributed by atoms with Crippen LogP contribution in [0.3, 0.4) is 0 Å². The summed E-state index contributed by atoms with van der Waals surface area (Å²) >= 11 is 0. The maximum atomic E-state index is 12.6. The van der Waals surface area contributed by atoms with Crippen LogP contribution >= 0.6 is 0 Å². The first-order valence-electron chi connectivity index (χ1n) is 7.64. The first-order chi connectivity index (χ1) is 8.57. The van der Waals surface area contributed by atoms with E-state index in [-0.39, 0.29) is 12.0 Å². The van der Waals surface area contributed by atoms with Gasteiger partial charge in [0.2, 0.25) is 5.91 Å². The van der Waals surface area contributed by atoms with Crippen LogP contribution in [0.4, 0.5) is 0 Å². The van der Waals surface area contributed by atoms with Crippen molar-refractivity contribution in [3.8, 4) is 0 Å². The zero-order valence-corrected chi connectivity index (χ0v) is 12.3. The Balaban J connectivity index is 2.57. The van der Waals surface area contributed by atoms with Gasteiger partial charge < -0.3 is 10.6 Å². The molecule has 0 aromatic heterocycles. The lowest BCUT2D eigenvalue weighted by Gasteiger charge is -2.35. The molecule has 0 aliphatic heterocycles. The highest BCUT2D eigenvalue weighted by atomic mass is 16.2. The van der Waals surface area contributed by atoms with Crippen molar-refractivity contribution in [2.75, 3.05) is 6.54 Å². The molecule has 0 bridgehead atoms. The van der Waals surface area contributed by atoms with E-state index >= 15 is 0 Å². The zero-order valence-electron chi connectivity index (χ0n) is 12.3. The minimum atomic E-state index is 0.0720. The lowest BCUT2D eigenvalue weighted by atomic mass is 9.84. The summed E-state index contributed by atoms with van der Waals surface area (Å²) in [5.41, 5.74) is 6.13. The van der Waals surface area contributed by atoms with E-state index in [0.717, 1.165) is 32.2 Å². The molecule has 1 amide bonds. The standard InChI is InChI=1S/C15H30N2O/c1-4-5-8-11-17(12(2)3)15(18)13-9-6-7-10-14(13)16/h12-14H,4-11,16H2,1-3H3. The van der Waals surface area contributed by atoms with Gasteiger partial charge in [-0.15, -0.1) is 0 Å². The molecule has 0 saturated heterocycles. The van der Waals surface area contributed by atoms with E-state index in [1.54, 1.807) is 0 Å². The number of rotatable bonds is 6. The van der Waals surface area contributed by atoms with Crippen LogP contribution in [0.15, 0.2) is 0 Å². The van der Waals surface area contributed by atoms with E-state index in [2.05, 4.69) is 20.8 Å². The average molecular weight is 254 g/mol. The van der Waals surface area contributed by atoms with Gasteiger partial charge in [-0.2, -0.15) is 0 Å². The molecule has 0 radical (unpaired) electrons. The molecule has 1 fully saturated rings. The Labute approximate surface area is 112 Å². The fraction of sp³-hybridized carbons (Fsp3) is 0.933. The lowest BCUT2D eigenvalue weighted by molar-refractivity contribution is -0.139. The lowest BCUT2D eigenvalue weighted by Crippen LogP contribution is -2.48. The average Bonchev–Trinajstić information content (AvgIpc) is 2.34. The molecular formula is C15H30N2O. The number of hydrogen-bond acceptors (Lipinski definition) is 2. The summed E-state index contributed by atoms with van der Waals surface area (Å²) in [6, 6.07) is 0.377. The fourth-order valence-corrected chi connectivity index (χ4v) is 2.83. The maximum absolute atomic E-state index is 12.6. The highest BCUT2D eigenvalue weighted by Crippen LogP contribution is 2.25. The molecule has 2 unspecified atom stereocenters. The molecule has 1 aliphatic rings. The summed E-state index contributed by atoms with van der Waals surface area (Å²) in [6.07, 6.45) is 7.85. The van der Waals surface area contributed by atoms with E-state index in [9.17, 15) is 4.79 Å². The molecule has 0 aromatic rings. The van der Waals surface area contributed by atoms with Crippen molar-refractivity contribution >= 4 is 5.91 Å². The smallest absolute Gasteiger partial charge is 0.227 e. The molecule has 1 aliphatic carbocycles. The fourth-order valence-electron chi connectivity index (χ4n) is 2.83. The number of nitrogens with zero attached hydrogens (tertiary/aromatic N) is 1. The summed E-state index contributed by atoms with van der Waals surface area (Å²) in [4.78, 5) is 14.6. The summed E-state index contributed by atoms with van der Waals surface area (Å²) in [5.74, 6) is 0.371. The van der Waals surface area contributed by atoms with E-state index < -0.39 is 0 Å². The minimum absolute atomic E-state index is 0.0720. The summed E-state index contributed by atoms with van der Waals surface area (Å²) in [7, 11) is 0. The number of amides is 1. The second-order valence-electron chi connectivity index (χ2n) is 5.89. The molecule has 0 spiro atoms. The Hall–Kier alpha value is -0.570. The van der Waals surface area contributed by atoms with Gasteiger partial charge in [-0.25, -0.2) is 0 Å². The number of unbranched alkanes of at least 4 members (excludes halogenated alkanes) is 2. The van der Waals surface area contributed by atoms with Crippen molar-refractivity contribution in [3.05, 3.63) is 0 Å². The van der Waals surface area contributed by atoms with Crippen LogP contribution in [-0.4, -0.2) is 29.4 Å². The predicted molar refractivity (Wildman–Crippen MR) is 76.3 cm³/mol. The zero-order chi connectivity index (χ0) is 13.5. The molecule has 0 heterocycles. The molecule has 2 N–H and O–H groups in total. The molecule has 3 heteroatoms. The van der Waals surface area contributed by atoms with Gasteiger partial charge in [0.1, 0.15) is 0 Å². The second-order valence-corrected chi connectivity index (χ2v) is 5.89. The van der Waals surface area contributed by atoms with Crippen LogP contribution < -0.4 is 5.73 Å². The monoisotopic (exact) mass is 254 g/mol. The van der Waals surface area contributed by atoms with Gasteiger partial charge >= 0.3 is 0 Å². The SMILES string of the molecule is CCCCCN(C(=O)C1CCCCC1N)C(C)C. The molecule has 0 aromatic carbocycles. The normalized spacial score (nSPS) is 24.3. The first-order valence-corrected chi connectivity index (χ1v) is 7.64. The summed E-state index contributed by atoms with van der Waals surface area (Å²) in [6.45, 7) is 7.31. The number of hydrogen-bond donors (Lipinski definition) is 1. The van der Waals surface area contributed by atoms with Gasteiger partial charge in [0.15, 0.2) is 0 Å². The molecule has 106 valence electrons. The van der Waals surface area contributed by atoms with Crippen molar-refractivity contribution < 1.29 is 4.79 Å². The Morgan fingerprint density at radius 3 is 2.50 bits per heavy atom. The number of carbonyl (C=O) groups excluding carboxylic acids is 1. The van der Waals surface area contributed by atoms with E-state index in [1.807, 2.05) is 4.90 Å². The molecule has 3 nitrogen and oxygen atoms in total. The molecule has 18 heavy (non-hydrogen) atoms. The number of nitrogens with two attached hydrogens (primary N) is 1. The van der Waals surface area contributed by atoms with Crippen molar-refractivity contribution in [1.82, 2.24) is 4.90 Å². The van der Waals surface area contributed by atoms with Crippen LogP contribution in [0, 0.1) is 5.92 Å². The van der Waals surface area contributed by atoms with Gasteiger partial charge in [-0.3, -0.25) is 4.79 Å². The first kappa shape index (κ1) is 15.5. The molecule has 2 atom stereocenters. The third-order valence-electron chi connectivity index (χ3n) is 4.05. The van der Waals surface area contributed by atoms with Gasteiger partial charge in [-0.1, -0.05) is 32.6 Å². The van der Waals surface area contributed by atoms with E-state index in [1.165, 1.54) is 19.3 Å². The van der Waals surface area contributed by atoms with Crippen LogP contribution in [0.2, 0.25) is 0 Å². The van der Waals surface area contributed by atoms with Crippen LogP contribution in [0.1, 0.15) is 65.7 Å². The van der Waals surface area contributed by atoms with E-state index in [0.29, 0.717) is 11.9 Å². The van der Waals surface area contributed by atoms with Crippen molar-refractivity contribution in [2.24, 2.45) is 11.7 Å². The van der Waals surface area contributed by atoms with Gasteiger partial charge in [-0.05, 0) is 33.1 Å². The van der Waals surface area contributed by atoms with Gasteiger partial charge in [0.25, 0.3) is 0 Å². The Kier molecular flexibility index (Phi) is 6.69. The molecule has 1 saturated carbocycles. The Bertz CT molecular complexity index is 253. The second kappa shape index (κ2) is 7.78. The Morgan fingerprint density at radius 1 is 1.28 bits per heavy atom. The van der Waals surface area contributed by atoms with Crippen molar-refractivity contribution in [2.45, 2.75) is 77.8 Å². The van der Waals surface area contributed by atoms with Crippen LogP contribution in [0.5, 0.6) is 0 Å². The quantitative estimate of drug-likeness (QED) is 0.741. The van der Waals surface area contributed by atoms with Gasteiger partial charge in [0, 0.05) is 18.6 Å². The van der Waals surface area contributed by atoms with Crippen LogP contribution in [-0.2, 0) is 4.79 Å². The van der Waals surface area contributed by atoms with E-state index in [4.69, 9.17) is 5.73 Å². The minimum Gasteiger partial charge on any atom is -0.340 e. The van der Waals surface area contributed by atoms with Crippen LogP contribution in [0.25, 0.3) is 0 Å². The highest BCUT2D eigenvalue weighted by Gasteiger charge is 2.32. The highest BCUT2D eigenvalue weighted by molar-refractivity contribution is 5.80. The number of carbonyl (C=O) groups is 1. The van der Waals surface area contributed by atoms with Crippen molar-refractivity contribution in [1.29, 1.82) is 0 Å². The summed E-state index contributed by atoms with van der Waals surface area (Å²) < 4.78 is 0.